The zero-order valence-electron chi connectivity index (χ0n) is 5.68. The molecule has 2 rings (SSSR count). The summed E-state index contributed by atoms with van der Waals surface area (Å²) in [4.78, 5) is 0. The van der Waals surface area contributed by atoms with Crippen LogP contribution in [-0.4, -0.2) is 20.4 Å². The van der Waals surface area contributed by atoms with E-state index in [0.717, 1.165) is 7.91 Å². The molecule has 2 N–H and O–H groups in total. The Kier molecular flexibility index (Phi) is 4.22. The molecule has 0 aromatic carbocycles. The third kappa shape index (κ3) is 3.81. The van der Waals surface area contributed by atoms with Gasteiger partial charge in [-0.05, 0) is 24.4 Å². The fraction of sp³-hybridized carbons (Fsp3) is 0. The third-order valence-corrected chi connectivity index (χ3v) is 2.53. The van der Waals surface area contributed by atoms with Gasteiger partial charge in [0.15, 0.2) is 7.91 Å². The summed E-state index contributed by atoms with van der Waals surface area (Å²) in [6.07, 6.45) is 0. The Bertz CT molecular complexity index is 335. The average molecular weight is 236 g/mol. The fourth-order valence-electron chi connectivity index (χ4n) is 0.359. The van der Waals surface area contributed by atoms with Crippen LogP contribution in [0.3, 0.4) is 0 Å². The molecule has 8 heteroatoms. The largest absolute Gasteiger partial charge is 0.258 e. The minimum absolute atomic E-state index is 0.731. The van der Waals surface area contributed by atoms with Gasteiger partial charge in [0.2, 0.25) is 0 Å². The summed E-state index contributed by atoms with van der Waals surface area (Å²) < 4.78 is 1.46. The van der Waals surface area contributed by atoms with Crippen molar-refractivity contribution in [3.8, 4) is 0 Å². The van der Waals surface area contributed by atoms with E-state index < -0.39 is 0 Å². The molecule has 0 fully saturated rings. The van der Waals surface area contributed by atoms with Crippen molar-refractivity contribution in [2.75, 3.05) is 0 Å². The van der Waals surface area contributed by atoms with Crippen molar-refractivity contribution in [1.29, 1.82) is 0 Å². The van der Waals surface area contributed by atoms with Crippen molar-refractivity contribution in [3.05, 3.63) is 18.9 Å². The van der Waals surface area contributed by atoms with Gasteiger partial charge in [0, 0.05) is 0 Å². The second-order valence-corrected chi connectivity index (χ2v) is 4.55. The zero-order valence-corrected chi connectivity index (χ0v) is 8.95. The number of rotatable bonds is 0. The van der Waals surface area contributed by atoms with Crippen LogP contribution in [0.4, 0.5) is 0 Å². The molecule has 0 aliphatic carbocycles. The predicted octanol–water partition coefficient (Wildman–Crippen LogP) is 2.40. The van der Waals surface area contributed by atoms with Gasteiger partial charge in [-0.25, -0.2) is 0 Å². The van der Waals surface area contributed by atoms with Crippen LogP contribution >= 0.6 is 47.1 Å². The van der Waals surface area contributed by atoms with Gasteiger partial charge in [-0.2, -0.15) is 10.2 Å². The number of aromatic nitrogens is 4. The maximum absolute atomic E-state index is 4.65. The van der Waals surface area contributed by atoms with Gasteiger partial charge in [-0.15, -0.1) is 0 Å². The van der Waals surface area contributed by atoms with Gasteiger partial charge < -0.3 is 0 Å². The van der Waals surface area contributed by atoms with E-state index in [-0.39, 0.29) is 0 Å². The molecule has 0 unspecified atom stereocenters. The van der Waals surface area contributed by atoms with E-state index >= 15 is 0 Å². The minimum atomic E-state index is 0.731. The van der Waals surface area contributed by atoms with Gasteiger partial charge in [0.25, 0.3) is 0 Å². The summed E-state index contributed by atoms with van der Waals surface area (Å²) in [5.74, 6) is 0. The number of hydrogen-bond donors (Lipinski definition) is 2. The van der Waals surface area contributed by atoms with Crippen molar-refractivity contribution in [1.82, 2.24) is 20.4 Å². The van der Waals surface area contributed by atoms with Crippen molar-refractivity contribution >= 4 is 47.1 Å². The highest BCUT2D eigenvalue weighted by Crippen LogP contribution is 1.89. The SMILES string of the molecule is S=c1[nH]ncs1.S=c1[nH]ncs1. The van der Waals surface area contributed by atoms with Crippen LogP contribution in [0.15, 0.2) is 11.0 Å². The molecule has 64 valence electrons. The smallest absolute Gasteiger partial charge is 0.176 e. The Morgan fingerprint density at radius 3 is 1.50 bits per heavy atom. The van der Waals surface area contributed by atoms with Crippen molar-refractivity contribution in [2.45, 2.75) is 0 Å². The lowest BCUT2D eigenvalue weighted by atomic mass is 11.6. The minimum Gasteiger partial charge on any atom is -0.258 e. The summed E-state index contributed by atoms with van der Waals surface area (Å²) in [6, 6.07) is 0. The number of aromatic amines is 2. The molecule has 0 aliphatic rings. The average Bonchev–Trinajstić information content (AvgIpc) is 2.63. The van der Waals surface area contributed by atoms with Gasteiger partial charge in [-0.3, -0.25) is 10.2 Å². The van der Waals surface area contributed by atoms with Crippen LogP contribution in [-0.2, 0) is 0 Å². The highest BCUT2D eigenvalue weighted by atomic mass is 32.2. The molecule has 4 nitrogen and oxygen atoms in total. The van der Waals surface area contributed by atoms with E-state index in [0.29, 0.717) is 0 Å². The molecule has 12 heavy (non-hydrogen) atoms. The Balaban J connectivity index is 0.000000120. The maximum Gasteiger partial charge on any atom is 0.176 e. The number of nitrogens with zero attached hydrogens (tertiary/aromatic N) is 2. The zero-order chi connectivity index (χ0) is 8.81. The molecule has 0 aliphatic heterocycles. The Morgan fingerprint density at radius 1 is 1.00 bits per heavy atom. The van der Waals surface area contributed by atoms with E-state index in [4.69, 9.17) is 0 Å². The van der Waals surface area contributed by atoms with Crippen LogP contribution in [0.1, 0.15) is 0 Å². The van der Waals surface area contributed by atoms with Crippen LogP contribution < -0.4 is 0 Å². The van der Waals surface area contributed by atoms with E-state index in [1.54, 1.807) is 11.0 Å². The second-order valence-electron chi connectivity index (χ2n) is 1.50. The summed E-state index contributed by atoms with van der Waals surface area (Å²) in [5, 5.41) is 12.4. The van der Waals surface area contributed by atoms with Crippen molar-refractivity contribution in [3.63, 3.8) is 0 Å². The number of nitrogens with one attached hydrogen (secondary N) is 2. The highest BCUT2D eigenvalue weighted by molar-refractivity contribution is 7.73. The lowest BCUT2D eigenvalue weighted by Crippen LogP contribution is -1.57. The van der Waals surface area contributed by atoms with Crippen molar-refractivity contribution < 1.29 is 0 Å². The van der Waals surface area contributed by atoms with Crippen LogP contribution in [0.25, 0.3) is 0 Å². The van der Waals surface area contributed by atoms with E-state index in [1.165, 1.54) is 22.7 Å². The predicted molar refractivity (Wildman–Crippen MR) is 54.6 cm³/mol. The summed E-state index contributed by atoms with van der Waals surface area (Å²) >= 11 is 12.1. The topological polar surface area (TPSA) is 57.4 Å². The van der Waals surface area contributed by atoms with Gasteiger partial charge in [-0.1, -0.05) is 22.7 Å². The molecule has 2 aromatic heterocycles. The van der Waals surface area contributed by atoms with Crippen molar-refractivity contribution in [2.24, 2.45) is 0 Å². The van der Waals surface area contributed by atoms with Crippen LogP contribution in [0.5, 0.6) is 0 Å². The Labute approximate surface area is 86.3 Å². The Hall–Kier alpha value is -0.440. The van der Waals surface area contributed by atoms with Gasteiger partial charge >= 0.3 is 0 Å². The first-order chi connectivity index (χ1) is 5.79. The summed E-state index contributed by atoms with van der Waals surface area (Å²) in [7, 11) is 0. The van der Waals surface area contributed by atoms with Crippen LogP contribution in [0, 0.1) is 7.91 Å². The third-order valence-electron chi connectivity index (χ3n) is 0.737. The molecule has 0 saturated carbocycles. The highest BCUT2D eigenvalue weighted by Gasteiger charge is 1.69. The molecule has 0 amide bonds. The van der Waals surface area contributed by atoms with Gasteiger partial charge in [0.1, 0.15) is 11.0 Å². The molecule has 0 saturated heterocycles. The molecule has 2 aromatic rings. The van der Waals surface area contributed by atoms with Gasteiger partial charge in [0.05, 0.1) is 0 Å². The second kappa shape index (κ2) is 5.25. The normalized spacial score (nSPS) is 8.67. The monoisotopic (exact) mass is 236 g/mol. The molecule has 0 spiro atoms. The first kappa shape index (κ1) is 9.65. The quantitative estimate of drug-likeness (QED) is 0.690. The Morgan fingerprint density at radius 2 is 1.42 bits per heavy atom. The van der Waals surface area contributed by atoms with E-state index in [9.17, 15) is 0 Å². The van der Waals surface area contributed by atoms with E-state index in [2.05, 4.69) is 44.8 Å². The maximum atomic E-state index is 4.65. The molecule has 0 radical (unpaired) electrons. The molecule has 2 heterocycles. The number of H-pyrrole nitrogens is 2. The molecule has 0 bridgehead atoms. The lowest BCUT2D eigenvalue weighted by molar-refractivity contribution is 1.08. The van der Waals surface area contributed by atoms with E-state index in [1.807, 2.05) is 0 Å². The summed E-state index contributed by atoms with van der Waals surface area (Å²) in [5.41, 5.74) is 3.34. The summed E-state index contributed by atoms with van der Waals surface area (Å²) in [6.45, 7) is 0. The molecule has 0 atom stereocenters. The standard InChI is InChI=1S/2C2H2N2S2/c2*5-2-4-3-1-6-2/h2*1H,(H,4,5). The lowest BCUT2D eigenvalue weighted by Gasteiger charge is -1.52. The first-order valence-electron chi connectivity index (χ1n) is 2.75. The number of hydrogen-bond acceptors (Lipinski definition) is 6. The fourth-order valence-corrected chi connectivity index (χ4v) is 1.34. The molecular formula is C4H4N4S4. The molecular weight excluding hydrogens is 232 g/mol. The van der Waals surface area contributed by atoms with Crippen LogP contribution in [0.2, 0.25) is 0 Å². The first-order valence-corrected chi connectivity index (χ1v) is 5.33.